The summed E-state index contributed by atoms with van der Waals surface area (Å²) in [5.41, 5.74) is -0.257. The van der Waals surface area contributed by atoms with Crippen molar-refractivity contribution in [2.75, 3.05) is 6.61 Å². The van der Waals surface area contributed by atoms with Crippen molar-refractivity contribution in [3.63, 3.8) is 0 Å². The second kappa shape index (κ2) is 9.22. The predicted molar refractivity (Wildman–Crippen MR) is 113 cm³/mol. The number of hydrogen-bond acceptors (Lipinski definition) is 9. The second-order valence-corrected chi connectivity index (χ2v) is 9.63. The normalized spacial score (nSPS) is 25.3. The Morgan fingerprint density at radius 2 is 2.06 bits per heavy atom. The van der Waals surface area contributed by atoms with E-state index in [1.807, 2.05) is 0 Å². The maximum absolute atomic E-state index is 12.3. The standard InChI is InChI=1S/C20H25N2O9P/c1-12(2)29-19(24)14-6-4-3-5-13(14)10-27-32(26)28-11-16-15(31-32)9-18(30-16)22-8-7-17(23)21-20(22)25/h3-8,12,15-16,18,26,32H,9-11H2,1-2H3,(H,21,23,25)/t15-,16+,18+/m0/s1. The van der Waals surface area contributed by atoms with E-state index in [2.05, 4.69) is 4.98 Å². The number of benzene rings is 1. The molecule has 0 spiro atoms. The molecule has 2 aliphatic rings. The first-order valence-corrected chi connectivity index (χ1v) is 11.9. The fourth-order valence-electron chi connectivity index (χ4n) is 3.58. The van der Waals surface area contributed by atoms with Gasteiger partial charge in [-0.25, -0.2) is 0 Å². The van der Waals surface area contributed by atoms with Gasteiger partial charge in [0.2, 0.25) is 0 Å². The van der Waals surface area contributed by atoms with E-state index in [1.165, 1.54) is 16.8 Å². The Bertz CT molecular complexity index is 1100. The minimum atomic E-state index is -4.03. The monoisotopic (exact) mass is 468 g/mol. The Labute approximate surface area is 183 Å². The first kappa shape index (κ1) is 22.8. The third-order valence-corrected chi connectivity index (χ3v) is 6.70. The number of nitrogens with one attached hydrogen (secondary N) is 1. The molecule has 2 fully saturated rings. The van der Waals surface area contributed by atoms with Crippen molar-refractivity contribution in [1.82, 2.24) is 9.55 Å². The Hall–Kier alpha value is -2.40. The molecular formula is C20H25N2O9P. The molecule has 0 aliphatic carbocycles. The van der Waals surface area contributed by atoms with E-state index < -0.39 is 43.8 Å². The van der Waals surface area contributed by atoms with Gasteiger partial charge in [0.25, 0.3) is 0 Å². The van der Waals surface area contributed by atoms with Crippen LogP contribution in [0.15, 0.2) is 46.1 Å². The van der Waals surface area contributed by atoms with E-state index in [0.717, 1.165) is 0 Å². The van der Waals surface area contributed by atoms with Crippen LogP contribution in [0.3, 0.4) is 0 Å². The summed E-state index contributed by atoms with van der Waals surface area (Å²) in [6, 6.07) is 7.98. The Balaban J connectivity index is 1.42. The summed E-state index contributed by atoms with van der Waals surface area (Å²) in [5.74, 6) is -0.489. The van der Waals surface area contributed by atoms with Gasteiger partial charge in [0.1, 0.15) is 0 Å². The van der Waals surface area contributed by atoms with E-state index in [-0.39, 0.29) is 25.7 Å². The van der Waals surface area contributed by atoms with Gasteiger partial charge in [0.05, 0.1) is 0 Å². The number of esters is 1. The van der Waals surface area contributed by atoms with Crippen molar-refractivity contribution >= 4 is 14.1 Å². The van der Waals surface area contributed by atoms with Crippen molar-refractivity contribution < 1.29 is 32.7 Å². The number of carbonyl (C=O) groups is 1. The molecular weight excluding hydrogens is 443 g/mol. The van der Waals surface area contributed by atoms with Gasteiger partial charge in [-0.05, 0) is 0 Å². The zero-order valence-electron chi connectivity index (χ0n) is 17.6. The van der Waals surface area contributed by atoms with Crippen LogP contribution in [0.25, 0.3) is 0 Å². The molecule has 4 rings (SSSR count). The summed E-state index contributed by atoms with van der Waals surface area (Å²) in [7, 11) is -4.03. The number of aromatic nitrogens is 2. The van der Waals surface area contributed by atoms with Crippen molar-refractivity contribution in [2.24, 2.45) is 0 Å². The molecule has 3 atom stereocenters. The Kier molecular flexibility index (Phi) is 6.57. The van der Waals surface area contributed by atoms with Gasteiger partial charge in [0.15, 0.2) is 0 Å². The summed E-state index contributed by atoms with van der Waals surface area (Å²) in [5, 5.41) is 0. The molecule has 2 N–H and O–H groups in total. The van der Waals surface area contributed by atoms with E-state index in [9.17, 15) is 19.3 Å². The molecule has 12 heteroatoms. The molecule has 3 heterocycles. The average molecular weight is 468 g/mol. The summed E-state index contributed by atoms with van der Waals surface area (Å²) < 4.78 is 29.1. The van der Waals surface area contributed by atoms with Crippen molar-refractivity contribution in [2.45, 2.75) is 51.4 Å². The van der Waals surface area contributed by atoms with Crippen molar-refractivity contribution in [1.29, 1.82) is 0 Å². The molecule has 11 nitrogen and oxygen atoms in total. The number of aromatic amines is 1. The average Bonchev–Trinajstić information content (AvgIpc) is 3.14. The molecule has 1 aromatic heterocycles. The number of carbonyl (C=O) groups excluding carboxylic acids is 1. The first-order valence-electron chi connectivity index (χ1n) is 10.2. The van der Waals surface area contributed by atoms with Crippen LogP contribution in [0.4, 0.5) is 0 Å². The van der Waals surface area contributed by atoms with E-state index >= 15 is 0 Å². The van der Waals surface area contributed by atoms with Gasteiger partial charge >= 0.3 is 183 Å². The van der Waals surface area contributed by atoms with Crippen LogP contribution in [0.1, 0.15) is 42.4 Å². The first-order chi connectivity index (χ1) is 15.2. The Morgan fingerprint density at radius 1 is 1.28 bits per heavy atom. The van der Waals surface area contributed by atoms with E-state index in [0.29, 0.717) is 11.1 Å². The topological polar surface area (TPSA) is 138 Å². The van der Waals surface area contributed by atoms with Crippen LogP contribution in [0.5, 0.6) is 0 Å². The fourth-order valence-corrected chi connectivity index (χ4v) is 5.14. The third kappa shape index (κ3) is 4.98. The maximum atomic E-state index is 12.3. The van der Waals surface area contributed by atoms with Gasteiger partial charge in [0, 0.05) is 0 Å². The molecule has 0 unspecified atom stereocenters. The van der Waals surface area contributed by atoms with Crippen LogP contribution < -0.4 is 11.2 Å². The molecule has 0 amide bonds. The minimum absolute atomic E-state index is 0.0129. The predicted octanol–water partition coefficient (Wildman–Crippen LogP) is 1.42. The van der Waals surface area contributed by atoms with Crippen LogP contribution in [0, 0.1) is 0 Å². The number of nitrogens with zero attached hydrogens (tertiary/aromatic N) is 1. The number of H-pyrrole nitrogens is 1. The van der Waals surface area contributed by atoms with Gasteiger partial charge < -0.3 is 0 Å². The number of fused-ring (bicyclic) bond motifs is 1. The molecule has 2 aliphatic heterocycles. The number of ether oxygens (including phenoxy) is 2. The molecule has 174 valence electrons. The summed E-state index contributed by atoms with van der Waals surface area (Å²) in [6.45, 7) is 3.40. The molecule has 0 saturated carbocycles. The van der Waals surface area contributed by atoms with Crippen molar-refractivity contribution in [3.05, 3.63) is 68.5 Å². The summed E-state index contributed by atoms with van der Waals surface area (Å²) >= 11 is 0. The van der Waals surface area contributed by atoms with Gasteiger partial charge in [-0.1, -0.05) is 0 Å². The molecule has 0 radical (unpaired) electrons. The molecule has 32 heavy (non-hydrogen) atoms. The van der Waals surface area contributed by atoms with Crippen LogP contribution in [-0.2, 0) is 29.7 Å². The molecule has 0 bridgehead atoms. The number of hydrogen-bond donors (Lipinski definition) is 2. The van der Waals surface area contributed by atoms with Gasteiger partial charge in [-0.15, -0.1) is 0 Å². The number of rotatable bonds is 6. The van der Waals surface area contributed by atoms with Crippen LogP contribution >= 0.6 is 8.17 Å². The quantitative estimate of drug-likeness (QED) is 0.476. The summed E-state index contributed by atoms with van der Waals surface area (Å²) in [4.78, 5) is 48.6. The fraction of sp³-hybridized carbons (Fsp3) is 0.450. The summed E-state index contributed by atoms with van der Waals surface area (Å²) in [6.07, 6.45) is -0.426. The second-order valence-electron chi connectivity index (χ2n) is 7.77. The van der Waals surface area contributed by atoms with Crippen LogP contribution in [-0.4, -0.2) is 45.3 Å². The third-order valence-electron chi connectivity index (χ3n) is 5.06. The van der Waals surface area contributed by atoms with Gasteiger partial charge in [-0.3, -0.25) is 0 Å². The van der Waals surface area contributed by atoms with E-state index in [4.69, 9.17) is 23.0 Å². The molecule has 1 aromatic carbocycles. The van der Waals surface area contributed by atoms with Crippen molar-refractivity contribution in [3.8, 4) is 0 Å². The molecule has 2 aromatic rings. The zero-order chi connectivity index (χ0) is 22.9. The molecule has 2 saturated heterocycles. The van der Waals surface area contributed by atoms with Crippen LogP contribution in [0.2, 0.25) is 0 Å². The Morgan fingerprint density at radius 3 is 2.81 bits per heavy atom. The SMILES string of the molecule is CC(C)OC(=O)c1ccccc1CO[PH]1(O)OC[C@H]2O[C@@H](n3ccc(=O)[nH]c3=O)C[C@@H]2O1. The van der Waals surface area contributed by atoms with E-state index in [1.54, 1.807) is 38.1 Å². The zero-order valence-corrected chi connectivity index (χ0v) is 18.6. The van der Waals surface area contributed by atoms with Gasteiger partial charge in [-0.2, -0.15) is 0 Å².